The van der Waals surface area contributed by atoms with Crippen molar-refractivity contribution in [2.45, 2.75) is 13.0 Å². The molecule has 2 aromatic rings. The summed E-state index contributed by atoms with van der Waals surface area (Å²) >= 11 is 1.42. The summed E-state index contributed by atoms with van der Waals surface area (Å²) in [5.41, 5.74) is 3.59. The van der Waals surface area contributed by atoms with Gasteiger partial charge in [-0.1, -0.05) is 71.9 Å². The number of amidine groups is 1. The molecule has 2 rings (SSSR count). The van der Waals surface area contributed by atoms with Crippen LogP contribution in [-0.2, 0) is 0 Å². The third-order valence-electron chi connectivity index (χ3n) is 2.99. The van der Waals surface area contributed by atoms with E-state index in [2.05, 4.69) is 48.6 Å². The standard InChI is InChI=1S/C16H18N2S/c1-12-7-6-10-14(11-12)15(18-16(17)19-2)13-8-4-3-5-9-13/h3-11,15H,1-2H3,(H2,17,18). The highest BCUT2D eigenvalue weighted by Gasteiger charge is 2.14. The predicted octanol–water partition coefficient (Wildman–Crippen LogP) is 3.97. The van der Waals surface area contributed by atoms with Gasteiger partial charge in [-0.15, -0.1) is 0 Å². The van der Waals surface area contributed by atoms with Crippen molar-refractivity contribution in [3.05, 3.63) is 71.3 Å². The summed E-state index contributed by atoms with van der Waals surface area (Å²) in [6, 6.07) is 18.7. The van der Waals surface area contributed by atoms with Crippen LogP contribution >= 0.6 is 11.8 Å². The van der Waals surface area contributed by atoms with Crippen LogP contribution in [0.2, 0.25) is 0 Å². The molecule has 0 radical (unpaired) electrons. The molecule has 2 nitrogen and oxygen atoms in total. The zero-order valence-corrected chi connectivity index (χ0v) is 12.0. The summed E-state index contributed by atoms with van der Waals surface area (Å²) in [7, 11) is 0. The molecule has 19 heavy (non-hydrogen) atoms. The Labute approximate surface area is 118 Å². The van der Waals surface area contributed by atoms with E-state index in [1.54, 1.807) is 0 Å². The molecule has 0 fully saturated rings. The summed E-state index contributed by atoms with van der Waals surface area (Å²) in [6.07, 6.45) is 1.91. The minimum Gasteiger partial charge on any atom is -0.354 e. The van der Waals surface area contributed by atoms with Crippen molar-refractivity contribution < 1.29 is 0 Å². The topological polar surface area (TPSA) is 35.9 Å². The number of hydrogen-bond donors (Lipinski definition) is 2. The van der Waals surface area contributed by atoms with Crippen LogP contribution in [0.15, 0.2) is 54.6 Å². The van der Waals surface area contributed by atoms with Gasteiger partial charge in [0.2, 0.25) is 0 Å². The average Bonchev–Trinajstić information content (AvgIpc) is 2.45. The third-order valence-corrected chi connectivity index (χ3v) is 3.51. The van der Waals surface area contributed by atoms with Crippen LogP contribution in [0.3, 0.4) is 0 Å². The molecule has 0 bridgehead atoms. The number of thioether (sulfide) groups is 1. The Morgan fingerprint density at radius 2 is 1.74 bits per heavy atom. The third kappa shape index (κ3) is 3.61. The van der Waals surface area contributed by atoms with Gasteiger partial charge < -0.3 is 5.32 Å². The molecule has 2 N–H and O–H groups in total. The molecule has 0 aliphatic heterocycles. The van der Waals surface area contributed by atoms with E-state index in [-0.39, 0.29) is 6.04 Å². The fourth-order valence-electron chi connectivity index (χ4n) is 2.04. The fraction of sp³-hybridized carbons (Fsp3) is 0.188. The molecule has 0 saturated carbocycles. The summed E-state index contributed by atoms with van der Waals surface area (Å²) in [5, 5.41) is 11.6. The van der Waals surface area contributed by atoms with Gasteiger partial charge in [-0.3, -0.25) is 5.41 Å². The molecular formula is C16H18N2S. The Morgan fingerprint density at radius 3 is 2.37 bits per heavy atom. The Bertz CT molecular complexity index is 552. The molecule has 2 aromatic carbocycles. The molecule has 0 aromatic heterocycles. The van der Waals surface area contributed by atoms with E-state index in [0.29, 0.717) is 5.17 Å². The largest absolute Gasteiger partial charge is 0.354 e. The van der Waals surface area contributed by atoms with Crippen molar-refractivity contribution in [2.75, 3.05) is 6.26 Å². The van der Waals surface area contributed by atoms with Crippen molar-refractivity contribution in [2.24, 2.45) is 0 Å². The maximum atomic E-state index is 7.87. The first-order valence-electron chi connectivity index (χ1n) is 6.21. The summed E-state index contributed by atoms with van der Waals surface area (Å²) < 4.78 is 0. The maximum absolute atomic E-state index is 7.87. The van der Waals surface area contributed by atoms with E-state index in [0.717, 1.165) is 0 Å². The number of aryl methyl sites for hydroxylation is 1. The summed E-state index contributed by atoms with van der Waals surface area (Å²) in [5.74, 6) is 0. The van der Waals surface area contributed by atoms with E-state index < -0.39 is 0 Å². The molecule has 0 aliphatic rings. The first-order valence-corrected chi connectivity index (χ1v) is 7.44. The highest BCUT2D eigenvalue weighted by molar-refractivity contribution is 8.13. The monoisotopic (exact) mass is 270 g/mol. The van der Waals surface area contributed by atoms with Crippen molar-refractivity contribution in [3.8, 4) is 0 Å². The lowest BCUT2D eigenvalue weighted by atomic mass is 9.97. The lowest BCUT2D eigenvalue weighted by Gasteiger charge is -2.21. The smallest absolute Gasteiger partial charge is 0.154 e. The first-order chi connectivity index (χ1) is 9.20. The van der Waals surface area contributed by atoms with Gasteiger partial charge in [0.15, 0.2) is 5.17 Å². The van der Waals surface area contributed by atoms with Crippen LogP contribution in [0.4, 0.5) is 0 Å². The van der Waals surface area contributed by atoms with Crippen LogP contribution in [-0.4, -0.2) is 11.4 Å². The second-order valence-corrected chi connectivity index (χ2v) is 5.25. The Balaban J connectivity index is 2.37. The van der Waals surface area contributed by atoms with E-state index in [1.807, 2.05) is 24.5 Å². The minimum absolute atomic E-state index is 0.0287. The van der Waals surface area contributed by atoms with Crippen LogP contribution in [0.1, 0.15) is 22.7 Å². The van der Waals surface area contributed by atoms with E-state index >= 15 is 0 Å². The molecule has 1 unspecified atom stereocenters. The Morgan fingerprint density at radius 1 is 1.05 bits per heavy atom. The number of nitrogens with one attached hydrogen (secondary N) is 2. The van der Waals surface area contributed by atoms with Crippen molar-refractivity contribution >= 4 is 16.9 Å². The normalized spacial score (nSPS) is 11.9. The van der Waals surface area contributed by atoms with Gasteiger partial charge in [0.05, 0.1) is 6.04 Å². The van der Waals surface area contributed by atoms with Crippen LogP contribution in [0.5, 0.6) is 0 Å². The molecule has 0 amide bonds. The molecule has 1 atom stereocenters. The zero-order valence-electron chi connectivity index (χ0n) is 11.2. The van der Waals surface area contributed by atoms with E-state index in [9.17, 15) is 0 Å². The van der Waals surface area contributed by atoms with E-state index in [4.69, 9.17) is 5.41 Å². The first kappa shape index (κ1) is 13.7. The van der Waals surface area contributed by atoms with Gasteiger partial charge in [-0.25, -0.2) is 0 Å². The number of benzene rings is 2. The molecule has 0 aliphatic carbocycles. The number of hydrogen-bond acceptors (Lipinski definition) is 2. The van der Waals surface area contributed by atoms with Gasteiger partial charge in [-0.2, -0.15) is 0 Å². The fourth-order valence-corrected chi connectivity index (χ4v) is 2.28. The second-order valence-electron chi connectivity index (χ2n) is 4.44. The predicted molar refractivity (Wildman–Crippen MR) is 83.8 cm³/mol. The Hall–Kier alpha value is -1.74. The minimum atomic E-state index is 0.0287. The van der Waals surface area contributed by atoms with Crippen molar-refractivity contribution in [1.29, 1.82) is 5.41 Å². The highest BCUT2D eigenvalue weighted by Crippen LogP contribution is 2.23. The SMILES string of the molecule is CSC(=N)NC(c1ccccc1)c1cccc(C)c1. The summed E-state index contributed by atoms with van der Waals surface area (Å²) in [4.78, 5) is 0. The van der Waals surface area contributed by atoms with Gasteiger partial charge in [0, 0.05) is 0 Å². The zero-order chi connectivity index (χ0) is 13.7. The Kier molecular flexibility index (Phi) is 4.63. The molecule has 0 spiro atoms. The number of rotatable bonds is 3. The highest BCUT2D eigenvalue weighted by atomic mass is 32.2. The van der Waals surface area contributed by atoms with Gasteiger partial charge in [0.25, 0.3) is 0 Å². The molecule has 3 heteroatoms. The van der Waals surface area contributed by atoms with E-state index in [1.165, 1.54) is 28.5 Å². The maximum Gasteiger partial charge on any atom is 0.154 e. The molecule has 0 heterocycles. The van der Waals surface area contributed by atoms with Crippen LogP contribution in [0, 0.1) is 12.3 Å². The van der Waals surface area contributed by atoms with Crippen molar-refractivity contribution in [1.82, 2.24) is 5.32 Å². The average molecular weight is 270 g/mol. The van der Waals surface area contributed by atoms with Crippen molar-refractivity contribution in [3.63, 3.8) is 0 Å². The summed E-state index contributed by atoms with van der Waals surface area (Å²) in [6.45, 7) is 2.09. The van der Waals surface area contributed by atoms with Gasteiger partial charge in [-0.05, 0) is 24.3 Å². The van der Waals surface area contributed by atoms with Gasteiger partial charge >= 0.3 is 0 Å². The molecule has 98 valence electrons. The quantitative estimate of drug-likeness (QED) is 0.654. The van der Waals surface area contributed by atoms with Crippen LogP contribution < -0.4 is 5.32 Å². The molecular weight excluding hydrogens is 252 g/mol. The lowest BCUT2D eigenvalue weighted by molar-refractivity contribution is 0.766. The molecule has 0 saturated heterocycles. The van der Waals surface area contributed by atoms with Gasteiger partial charge in [0.1, 0.15) is 0 Å². The second kappa shape index (κ2) is 6.43. The lowest BCUT2D eigenvalue weighted by Crippen LogP contribution is -2.26. The van der Waals surface area contributed by atoms with Crippen LogP contribution in [0.25, 0.3) is 0 Å².